The van der Waals surface area contributed by atoms with Gasteiger partial charge in [-0.15, -0.1) is 0 Å². The third-order valence-electron chi connectivity index (χ3n) is 5.50. The van der Waals surface area contributed by atoms with E-state index in [0.29, 0.717) is 6.10 Å². The van der Waals surface area contributed by atoms with Gasteiger partial charge < -0.3 is 14.1 Å². The number of furan rings is 1. The number of anilines is 1. The Morgan fingerprint density at radius 2 is 2.12 bits per heavy atom. The number of piperidine rings is 1. The second-order valence-electron chi connectivity index (χ2n) is 7.32. The molecule has 6 heteroatoms. The number of aryl methyl sites for hydroxylation is 1. The molecule has 0 aliphatic carbocycles. The third kappa shape index (κ3) is 3.76. The van der Waals surface area contributed by atoms with Gasteiger partial charge in [-0.05, 0) is 38.3 Å². The first kappa shape index (κ1) is 17.5. The largest absolute Gasteiger partial charge is 0.468 e. The van der Waals surface area contributed by atoms with Crippen LogP contribution in [0.15, 0.2) is 22.8 Å². The molecule has 0 bridgehead atoms. The van der Waals surface area contributed by atoms with Crippen LogP contribution in [-0.2, 0) is 24.1 Å². The molecule has 2 aliphatic heterocycles. The highest BCUT2D eigenvalue weighted by Crippen LogP contribution is 2.28. The van der Waals surface area contributed by atoms with Crippen molar-refractivity contribution in [2.45, 2.75) is 45.3 Å². The summed E-state index contributed by atoms with van der Waals surface area (Å²) in [6, 6.07) is 4.00. The highest BCUT2D eigenvalue weighted by Gasteiger charge is 2.26. The van der Waals surface area contributed by atoms with Crippen LogP contribution in [0.3, 0.4) is 0 Å². The maximum atomic E-state index is 5.61. The second-order valence-corrected chi connectivity index (χ2v) is 7.32. The zero-order valence-electron chi connectivity index (χ0n) is 15.8. The highest BCUT2D eigenvalue weighted by molar-refractivity contribution is 5.50. The summed E-state index contributed by atoms with van der Waals surface area (Å²) in [5.41, 5.74) is 2.54. The molecule has 0 amide bonds. The lowest BCUT2D eigenvalue weighted by Gasteiger charge is -2.34. The van der Waals surface area contributed by atoms with Crippen LogP contribution in [0.4, 0.5) is 5.82 Å². The van der Waals surface area contributed by atoms with E-state index < -0.39 is 0 Å². The van der Waals surface area contributed by atoms with Gasteiger partial charge in [0.2, 0.25) is 0 Å². The van der Waals surface area contributed by atoms with Crippen molar-refractivity contribution in [3.8, 4) is 0 Å². The average Bonchev–Trinajstić information content (AvgIpc) is 3.09. The SMILES string of the molecule is CO[C@H]1CCCN(c2nc(C)nc3c2CCN(Cc2ccco2)CC3)C1. The Labute approximate surface area is 155 Å². The molecule has 2 aliphatic rings. The van der Waals surface area contributed by atoms with Crippen molar-refractivity contribution in [3.05, 3.63) is 41.2 Å². The molecule has 2 aromatic rings. The lowest BCUT2D eigenvalue weighted by Crippen LogP contribution is -2.40. The molecule has 0 aromatic carbocycles. The normalized spacial score (nSPS) is 21.5. The van der Waals surface area contributed by atoms with E-state index in [9.17, 15) is 0 Å². The number of hydrogen-bond acceptors (Lipinski definition) is 6. The fourth-order valence-electron chi connectivity index (χ4n) is 4.11. The molecule has 0 saturated carbocycles. The molecule has 1 atom stereocenters. The van der Waals surface area contributed by atoms with E-state index in [2.05, 4.69) is 9.80 Å². The van der Waals surface area contributed by atoms with Gasteiger partial charge in [0.05, 0.1) is 24.6 Å². The second kappa shape index (κ2) is 7.76. The fraction of sp³-hybridized carbons (Fsp3) is 0.600. The lowest BCUT2D eigenvalue weighted by molar-refractivity contribution is 0.0890. The minimum absolute atomic E-state index is 0.302. The van der Waals surface area contributed by atoms with Gasteiger partial charge >= 0.3 is 0 Å². The first-order valence-corrected chi connectivity index (χ1v) is 9.62. The fourth-order valence-corrected chi connectivity index (χ4v) is 4.11. The van der Waals surface area contributed by atoms with E-state index in [1.807, 2.05) is 26.2 Å². The minimum Gasteiger partial charge on any atom is -0.468 e. The van der Waals surface area contributed by atoms with Crippen molar-refractivity contribution in [1.82, 2.24) is 14.9 Å². The number of rotatable bonds is 4. The summed E-state index contributed by atoms with van der Waals surface area (Å²) in [5.74, 6) is 3.03. The predicted octanol–water partition coefficient (Wildman–Crippen LogP) is 2.59. The molecule has 4 heterocycles. The monoisotopic (exact) mass is 356 g/mol. The van der Waals surface area contributed by atoms with Crippen LogP contribution >= 0.6 is 0 Å². The molecular formula is C20H28N4O2. The molecular weight excluding hydrogens is 328 g/mol. The van der Waals surface area contributed by atoms with E-state index in [0.717, 1.165) is 75.8 Å². The molecule has 6 nitrogen and oxygen atoms in total. The summed E-state index contributed by atoms with van der Waals surface area (Å²) in [5, 5.41) is 0. The molecule has 140 valence electrons. The van der Waals surface area contributed by atoms with E-state index in [4.69, 9.17) is 19.1 Å². The maximum absolute atomic E-state index is 5.61. The zero-order valence-corrected chi connectivity index (χ0v) is 15.8. The van der Waals surface area contributed by atoms with Crippen molar-refractivity contribution < 1.29 is 9.15 Å². The number of fused-ring (bicyclic) bond motifs is 1. The van der Waals surface area contributed by atoms with Crippen LogP contribution in [0.5, 0.6) is 0 Å². The lowest BCUT2D eigenvalue weighted by atomic mass is 10.0. The topological polar surface area (TPSA) is 54.6 Å². The van der Waals surface area contributed by atoms with Gasteiger partial charge in [0, 0.05) is 45.3 Å². The molecule has 1 fully saturated rings. The standard InChI is InChI=1S/C20H28N4O2/c1-15-21-19-8-11-23(13-17-6-4-12-26-17)10-7-18(19)20(22-15)24-9-3-5-16(14-24)25-2/h4,6,12,16H,3,5,7-11,13-14H2,1-2H3/t16-/m0/s1. The summed E-state index contributed by atoms with van der Waals surface area (Å²) < 4.78 is 11.1. The summed E-state index contributed by atoms with van der Waals surface area (Å²) in [7, 11) is 1.81. The Morgan fingerprint density at radius 1 is 1.23 bits per heavy atom. The number of nitrogens with zero attached hydrogens (tertiary/aromatic N) is 4. The molecule has 0 spiro atoms. The number of ether oxygens (including phenoxy) is 1. The van der Waals surface area contributed by atoms with Gasteiger partial charge in [-0.3, -0.25) is 4.90 Å². The van der Waals surface area contributed by atoms with Crippen molar-refractivity contribution in [2.24, 2.45) is 0 Å². The van der Waals surface area contributed by atoms with Gasteiger partial charge in [0.1, 0.15) is 17.4 Å². The Balaban J connectivity index is 1.55. The van der Waals surface area contributed by atoms with Gasteiger partial charge in [-0.2, -0.15) is 0 Å². The molecule has 26 heavy (non-hydrogen) atoms. The molecule has 0 unspecified atom stereocenters. The van der Waals surface area contributed by atoms with Gasteiger partial charge in [-0.25, -0.2) is 9.97 Å². The Bertz CT molecular complexity index is 732. The highest BCUT2D eigenvalue weighted by atomic mass is 16.5. The Morgan fingerprint density at radius 3 is 2.92 bits per heavy atom. The van der Waals surface area contributed by atoms with Crippen molar-refractivity contribution in [3.63, 3.8) is 0 Å². The van der Waals surface area contributed by atoms with E-state index in [-0.39, 0.29) is 0 Å². The Kier molecular flexibility index (Phi) is 5.22. The molecule has 0 radical (unpaired) electrons. The summed E-state index contributed by atoms with van der Waals surface area (Å²) in [6.45, 7) is 6.86. The third-order valence-corrected chi connectivity index (χ3v) is 5.50. The van der Waals surface area contributed by atoms with Crippen LogP contribution in [0, 0.1) is 6.92 Å². The summed E-state index contributed by atoms with van der Waals surface area (Å²) >= 11 is 0. The van der Waals surface area contributed by atoms with Gasteiger partial charge in [-0.1, -0.05) is 0 Å². The number of aromatic nitrogens is 2. The maximum Gasteiger partial charge on any atom is 0.135 e. The van der Waals surface area contributed by atoms with E-state index in [1.165, 1.54) is 11.3 Å². The average molecular weight is 356 g/mol. The number of hydrogen-bond donors (Lipinski definition) is 0. The van der Waals surface area contributed by atoms with Crippen molar-refractivity contribution in [2.75, 3.05) is 38.2 Å². The van der Waals surface area contributed by atoms with Crippen LogP contribution in [0.25, 0.3) is 0 Å². The van der Waals surface area contributed by atoms with Crippen LogP contribution in [0.2, 0.25) is 0 Å². The number of methoxy groups -OCH3 is 1. The minimum atomic E-state index is 0.302. The Hall–Kier alpha value is -1.92. The van der Waals surface area contributed by atoms with E-state index >= 15 is 0 Å². The smallest absolute Gasteiger partial charge is 0.135 e. The van der Waals surface area contributed by atoms with Crippen LogP contribution < -0.4 is 4.90 Å². The molecule has 1 saturated heterocycles. The zero-order chi connectivity index (χ0) is 17.9. The molecule has 0 N–H and O–H groups in total. The summed E-state index contributed by atoms with van der Waals surface area (Å²) in [4.78, 5) is 14.5. The van der Waals surface area contributed by atoms with Gasteiger partial charge in [0.25, 0.3) is 0 Å². The van der Waals surface area contributed by atoms with E-state index in [1.54, 1.807) is 6.26 Å². The van der Waals surface area contributed by atoms with Crippen molar-refractivity contribution >= 4 is 5.82 Å². The quantitative estimate of drug-likeness (QED) is 0.839. The van der Waals surface area contributed by atoms with Crippen LogP contribution in [-0.4, -0.2) is 54.3 Å². The van der Waals surface area contributed by atoms with Crippen molar-refractivity contribution in [1.29, 1.82) is 0 Å². The van der Waals surface area contributed by atoms with Crippen LogP contribution in [0.1, 0.15) is 35.7 Å². The molecule has 2 aromatic heterocycles. The summed E-state index contributed by atoms with van der Waals surface area (Å²) in [6.07, 6.45) is 6.29. The first-order chi connectivity index (χ1) is 12.7. The molecule has 4 rings (SSSR count). The predicted molar refractivity (Wildman–Crippen MR) is 100 cm³/mol. The first-order valence-electron chi connectivity index (χ1n) is 9.62. The van der Waals surface area contributed by atoms with Gasteiger partial charge in [0.15, 0.2) is 0 Å².